The van der Waals surface area contributed by atoms with Crippen LogP contribution in [-0.2, 0) is 38.6 Å². The summed E-state index contributed by atoms with van der Waals surface area (Å²) in [6.45, 7) is 3.90. The fourth-order valence-corrected chi connectivity index (χ4v) is 3.84. The predicted molar refractivity (Wildman–Crippen MR) is 126 cm³/mol. The van der Waals surface area contributed by atoms with Crippen molar-refractivity contribution in [2.45, 2.75) is 64.6 Å². The van der Waals surface area contributed by atoms with Crippen molar-refractivity contribution in [3.05, 3.63) is 53.4 Å². The van der Waals surface area contributed by atoms with E-state index in [4.69, 9.17) is 9.26 Å². The Morgan fingerprint density at radius 1 is 1.17 bits per heavy atom. The van der Waals surface area contributed by atoms with Crippen LogP contribution in [0.5, 0.6) is 0 Å². The number of fused-ring (bicyclic) bond motifs is 1. The van der Waals surface area contributed by atoms with E-state index < -0.39 is 35.8 Å². The summed E-state index contributed by atoms with van der Waals surface area (Å²) in [5, 5.41) is 11.7. The Hall–Kier alpha value is -3.69. The van der Waals surface area contributed by atoms with E-state index >= 15 is 0 Å². The van der Waals surface area contributed by atoms with E-state index in [9.17, 15) is 19.2 Å². The standard InChI is InChI=1S/C25H32N4O6/c1-16(2)21(29-25(33)34-15-17-8-4-3-5-9-17)23(31)28-19-11-6-10-18-14-27-35-20(18)12-7-13-26-24(32)22(19)30/h3-5,8-9,14,16,19,21H,6-7,10-13,15H2,1-2H3,(H,26,32)(H,28,31)(H,29,33). The number of Topliss-reactive ketones (excluding diaryl/α,β-unsaturated/α-hetero) is 1. The molecule has 0 aliphatic carbocycles. The van der Waals surface area contributed by atoms with E-state index in [0.29, 0.717) is 32.2 Å². The van der Waals surface area contributed by atoms with Gasteiger partial charge in [0.2, 0.25) is 11.7 Å². The molecule has 0 spiro atoms. The Morgan fingerprint density at radius 3 is 2.69 bits per heavy atom. The molecule has 2 heterocycles. The molecule has 188 valence electrons. The molecule has 0 saturated carbocycles. The lowest BCUT2D eigenvalue weighted by Crippen LogP contribution is -2.55. The van der Waals surface area contributed by atoms with Gasteiger partial charge >= 0.3 is 6.09 Å². The number of alkyl carbamates (subject to hydrolysis) is 1. The number of nitrogens with one attached hydrogen (secondary N) is 3. The summed E-state index contributed by atoms with van der Waals surface area (Å²) in [4.78, 5) is 50.6. The summed E-state index contributed by atoms with van der Waals surface area (Å²) >= 11 is 0. The van der Waals surface area contributed by atoms with Crippen molar-refractivity contribution >= 4 is 23.7 Å². The van der Waals surface area contributed by atoms with Crippen molar-refractivity contribution in [3.63, 3.8) is 0 Å². The average molecular weight is 485 g/mol. The Labute approximate surface area is 204 Å². The van der Waals surface area contributed by atoms with Crippen LogP contribution >= 0.6 is 0 Å². The van der Waals surface area contributed by atoms with Crippen LogP contribution in [0.1, 0.15) is 50.0 Å². The molecule has 3 N–H and O–H groups in total. The van der Waals surface area contributed by atoms with Crippen molar-refractivity contribution in [2.24, 2.45) is 5.92 Å². The van der Waals surface area contributed by atoms with Crippen LogP contribution in [0.15, 0.2) is 41.1 Å². The number of aromatic nitrogens is 1. The van der Waals surface area contributed by atoms with E-state index in [1.165, 1.54) is 0 Å². The van der Waals surface area contributed by atoms with Gasteiger partial charge in [0.15, 0.2) is 0 Å². The maximum absolute atomic E-state index is 13.1. The average Bonchev–Trinajstić information content (AvgIpc) is 3.29. The topological polar surface area (TPSA) is 140 Å². The van der Waals surface area contributed by atoms with Gasteiger partial charge in [-0.2, -0.15) is 0 Å². The number of ketones is 1. The largest absolute Gasteiger partial charge is 0.445 e. The number of carbonyl (C=O) groups is 4. The number of nitrogens with zero attached hydrogens (tertiary/aromatic N) is 1. The van der Waals surface area contributed by atoms with Gasteiger partial charge in [-0.25, -0.2) is 4.79 Å². The molecule has 35 heavy (non-hydrogen) atoms. The van der Waals surface area contributed by atoms with Crippen molar-refractivity contribution in [3.8, 4) is 0 Å². The lowest BCUT2D eigenvalue weighted by atomic mass is 9.98. The Morgan fingerprint density at radius 2 is 1.94 bits per heavy atom. The summed E-state index contributed by atoms with van der Waals surface area (Å²) in [6.07, 6.45) is 3.54. The number of hydrogen-bond acceptors (Lipinski definition) is 7. The molecule has 10 nitrogen and oxygen atoms in total. The molecule has 3 amide bonds. The molecule has 1 aromatic carbocycles. The van der Waals surface area contributed by atoms with E-state index in [1.54, 1.807) is 20.0 Å². The van der Waals surface area contributed by atoms with E-state index in [1.807, 2.05) is 30.3 Å². The molecule has 10 heteroatoms. The maximum atomic E-state index is 13.1. The zero-order valence-electron chi connectivity index (χ0n) is 20.0. The van der Waals surface area contributed by atoms with Gasteiger partial charge in [-0.1, -0.05) is 49.3 Å². The van der Waals surface area contributed by atoms with Crippen LogP contribution in [0.2, 0.25) is 0 Å². The van der Waals surface area contributed by atoms with Crippen LogP contribution < -0.4 is 16.0 Å². The van der Waals surface area contributed by atoms with Gasteiger partial charge in [-0.05, 0) is 37.2 Å². The molecule has 2 atom stereocenters. The van der Waals surface area contributed by atoms with Crippen LogP contribution in [-0.4, -0.2) is 47.5 Å². The predicted octanol–water partition coefficient (Wildman–Crippen LogP) is 2.06. The minimum absolute atomic E-state index is 0.0608. The van der Waals surface area contributed by atoms with Gasteiger partial charge in [0.1, 0.15) is 18.4 Å². The number of benzene rings is 1. The smallest absolute Gasteiger partial charge is 0.408 e. The third-order valence-electron chi connectivity index (χ3n) is 5.83. The summed E-state index contributed by atoms with van der Waals surface area (Å²) in [5.41, 5.74) is 1.77. The maximum Gasteiger partial charge on any atom is 0.408 e. The second-order valence-electron chi connectivity index (χ2n) is 8.88. The molecular formula is C25H32N4O6. The number of amides is 3. The monoisotopic (exact) mass is 484 g/mol. The minimum atomic E-state index is -1.02. The molecule has 2 aromatic rings. The second kappa shape index (κ2) is 12.7. The van der Waals surface area contributed by atoms with Crippen LogP contribution in [0.3, 0.4) is 0 Å². The quantitative estimate of drug-likeness (QED) is 0.533. The molecule has 0 saturated heterocycles. The fourth-order valence-electron chi connectivity index (χ4n) is 3.84. The van der Waals surface area contributed by atoms with Gasteiger partial charge < -0.3 is 25.2 Å². The zero-order valence-corrected chi connectivity index (χ0v) is 20.0. The lowest BCUT2D eigenvalue weighted by molar-refractivity contribution is -0.140. The molecule has 0 radical (unpaired) electrons. The first-order valence-electron chi connectivity index (χ1n) is 11.9. The number of aryl methyl sites for hydroxylation is 2. The molecule has 0 fully saturated rings. The Kier molecular flexibility index (Phi) is 9.39. The first-order chi connectivity index (χ1) is 16.8. The lowest BCUT2D eigenvalue weighted by Gasteiger charge is -2.25. The summed E-state index contributed by atoms with van der Waals surface area (Å²) in [5.74, 6) is -1.52. The first kappa shape index (κ1) is 25.9. The minimum Gasteiger partial charge on any atom is -0.445 e. The van der Waals surface area contributed by atoms with Crippen molar-refractivity contribution in [2.75, 3.05) is 6.54 Å². The van der Waals surface area contributed by atoms with Gasteiger partial charge in [-0.3, -0.25) is 14.4 Å². The summed E-state index contributed by atoms with van der Waals surface area (Å²) in [7, 11) is 0. The van der Waals surface area contributed by atoms with Crippen molar-refractivity contribution < 1.29 is 28.4 Å². The van der Waals surface area contributed by atoms with E-state index in [2.05, 4.69) is 21.1 Å². The van der Waals surface area contributed by atoms with Crippen molar-refractivity contribution in [1.82, 2.24) is 21.1 Å². The van der Waals surface area contributed by atoms with Crippen molar-refractivity contribution in [1.29, 1.82) is 0 Å². The molecule has 2 unspecified atom stereocenters. The molecule has 1 aromatic heterocycles. The highest BCUT2D eigenvalue weighted by Gasteiger charge is 2.31. The van der Waals surface area contributed by atoms with Crippen LogP contribution in [0.25, 0.3) is 0 Å². The van der Waals surface area contributed by atoms with Crippen LogP contribution in [0, 0.1) is 5.92 Å². The van der Waals surface area contributed by atoms with E-state index in [-0.39, 0.29) is 18.9 Å². The van der Waals surface area contributed by atoms with E-state index in [0.717, 1.165) is 16.9 Å². The molecule has 1 aliphatic rings. The SMILES string of the molecule is CC(C)C(NC(=O)OCc1ccccc1)C(=O)NC1CCCc2cnoc2CCCNC(=O)C1=O. The van der Waals surface area contributed by atoms with Gasteiger partial charge in [0.05, 0.1) is 12.2 Å². The second-order valence-corrected chi connectivity index (χ2v) is 8.88. The highest BCUT2D eigenvalue weighted by molar-refractivity contribution is 6.38. The van der Waals surface area contributed by atoms with Crippen LogP contribution in [0.4, 0.5) is 4.79 Å². The molecule has 3 rings (SSSR count). The number of rotatable bonds is 6. The number of ether oxygens (including phenoxy) is 1. The Balaban J connectivity index is 1.63. The molecule has 1 aliphatic heterocycles. The molecule has 0 bridgehead atoms. The summed E-state index contributed by atoms with van der Waals surface area (Å²) < 4.78 is 10.5. The zero-order chi connectivity index (χ0) is 25.2. The van der Waals surface area contributed by atoms with Gasteiger partial charge in [0, 0.05) is 18.5 Å². The highest BCUT2D eigenvalue weighted by Crippen LogP contribution is 2.16. The third-order valence-corrected chi connectivity index (χ3v) is 5.83. The molecular weight excluding hydrogens is 452 g/mol. The highest BCUT2D eigenvalue weighted by atomic mass is 16.5. The first-order valence-corrected chi connectivity index (χ1v) is 11.9. The normalized spacial score (nSPS) is 17.9. The summed E-state index contributed by atoms with van der Waals surface area (Å²) in [6, 6.07) is 7.21. The van der Waals surface area contributed by atoms with Gasteiger partial charge in [0.25, 0.3) is 5.91 Å². The number of hydrogen-bond donors (Lipinski definition) is 3. The Bertz CT molecular complexity index is 1020. The third kappa shape index (κ3) is 7.66. The fraction of sp³-hybridized carbons (Fsp3) is 0.480. The van der Waals surface area contributed by atoms with Gasteiger partial charge in [-0.15, -0.1) is 0 Å². The number of carbonyl (C=O) groups excluding carboxylic acids is 4.